The van der Waals surface area contributed by atoms with Crippen molar-refractivity contribution < 1.29 is 9.47 Å². The van der Waals surface area contributed by atoms with E-state index < -0.39 is 16.1 Å². The highest BCUT2D eigenvalue weighted by molar-refractivity contribution is 6.76. The number of rotatable bonds is 11. The van der Waals surface area contributed by atoms with Gasteiger partial charge in [0.15, 0.2) is 11.5 Å². The average molecular weight is 460 g/mol. The number of nitrogens with two attached hydrogens (primary N) is 1. The maximum atomic E-state index is 6.33. The van der Waals surface area contributed by atoms with E-state index in [0.717, 1.165) is 42.2 Å². The van der Waals surface area contributed by atoms with Gasteiger partial charge in [-0.05, 0) is 24.2 Å². The fourth-order valence-corrected chi connectivity index (χ4v) is 4.65. The van der Waals surface area contributed by atoms with Crippen LogP contribution in [0.5, 0.6) is 0 Å². The number of ether oxygens (including phenoxy) is 2. The van der Waals surface area contributed by atoms with E-state index in [-0.39, 0.29) is 0 Å². The van der Waals surface area contributed by atoms with E-state index in [9.17, 15) is 0 Å². The summed E-state index contributed by atoms with van der Waals surface area (Å²) < 4.78 is 15.7. The maximum Gasteiger partial charge on any atom is 0.165 e. The Morgan fingerprint density at radius 3 is 2.16 bits per heavy atom. The Balaban J connectivity index is 1.78. The van der Waals surface area contributed by atoms with Gasteiger partial charge in [0.05, 0.1) is 22.9 Å². The summed E-state index contributed by atoms with van der Waals surface area (Å²) in [6.45, 7) is 16.4. The van der Waals surface area contributed by atoms with Crippen LogP contribution in [0.1, 0.15) is 0 Å². The first kappa shape index (κ1) is 23.7. The van der Waals surface area contributed by atoms with Crippen LogP contribution in [0.3, 0.4) is 0 Å². The topological polar surface area (TPSA) is 80.1 Å². The molecule has 0 atom stereocenters. The van der Waals surface area contributed by atoms with Gasteiger partial charge < -0.3 is 15.2 Å². The Labute approximate surface area is 187 Å². The van der Waals surface area contributed by atoms with Crippen LogP contribution >= 0.6 is 0 Å². The van der Waals surface area contributed by atoms with Crippen LogP contribution in [0.25, 0.3) is 22.6 Å². The summed E-state index contributed by atoms with van der Waals surface area (Å²) in [6, 6.07) is 10.3. The Bertz CT molecular complexity index is 1000. The minimum absolute atomic E-state index is 0.390. The van der Waals surface area contributed by atoms with E-state index in [1.165, 1.54) is 0 Å². The second kappa shape index (κ2) is 9.68. The van der Waals surface area contributed by atoms with E-state index in [0.29, 0.717) is 24.8 Å². The van der Waals surface area contributed by atoms with Gasteiger partial charge in [0, 0.05) is 29.4 Å². The predicted octanol–water partition coefficient (Wildman–Crippen LogP) is 5.11. The monoisotopic (exact) mass is 459 g/mol. The molecule has 0 aliphatic rings. The van der Waals surface area contributed by atoms with Gasteiger partial charge >= 0.3 is 0 Å². The van der Waals surface area contributed by atoms with Gasteiger partial charge in [0.2, 0.25) is 0 Å². The summed E-state index contributed by atoms with van der Waals surface area (Å²) in [4.78, 5) is 4.81. The van der Waals surface area contributed by atoms with Crippen molar-refractivity contribution in [2.45, 2.75) is 64.8 Å². The lowest BCUT2D eigenvalue weighted by molar-refractivity contribution is 0.0786. The van der Waals surface area contributed by atoms with Crippen LogP contribution < -0.4 is 5.73 Å². The Morgan fingerprint density at radius 1 is 0.903 bits per heavy atom. The van der Waals surface area contributed by atoms with Crippen molar-refractivity contribution in [2.75, 3.05) is 18.9 Å². The smallest absolute Gasteiger partial charge is 0.165 e. The number of para-hydroxylation sites is 2. The number of benzene rings is 1. The molecule has 0 bridgehead atoms. The van der Waals surface area contributed by atoms with Gasteiger partial charge in [0.1, 0.15) is 13.5 Å². The van der Waals surface area contributed by atoms with Crippen molar-refractivity contribution in [3.8, 4) is 11.5 Å². The number of imidazole rings is 1. The molecule has 31 heavy (non-hydrogen) atoms. The summed E-state index contributed by atoms with van der Waals surface area (Å²) in [7, 11) is -2.25. The summed E-state index contributed by atoms with van der Waals surface area (Å²) >= 11 is 0. The highest BCUT2D eigenvalue weighted by Gasteiger charge is 2.19. The molecule has 9 heteroatoms. The summed E-state index contributed by atoms with van der Waals surface area (Å²) in [5.74, 6) is 0.729. The highest BCUT2D eigenvalue weighted by atomic mass is 28.3. The number of aromatic nitrogens is 4. The molecular weight excluding hydrogens is 422 g/mol. The van der Waals surface area contributed by atoms with Crippen molar-refractivity contribution in [1.82, 2.24) is 19.3 Å². The highest BCUT2D eigenvalue weighted by Crippen LogP contribution is 2.28. The van der Waals surface area contributed by atoms with E-state index >= 15 is 0 Å². The molecule has 3 aromatic rings. The van der Waals surface area contributed by atoms with Crippen LogP contribution in [0.4, 0.5) is 5.69 Å². The van der Waals surface area contributed by atoms with Crippen LogP contribution in [-0.2, 0) is 22.9 Å². The van der Waals surface area contributed by atoms with Gasteiger partial charge in [-0.2, -0.15) is 5.10 Å². The van der Waals surface area contributed by atoms with Crippen molar-refractivity contribution in [3.63, 3.8) is 0 Å². The molecule has 0 aliphatic carbocycles. The summed E-state index contributed by atoms with van der Waals surface area (Å²) in [6.07, 6.45) is 1.82. The zero-order valence-corrected chi connectivity index (χ0v) is 21.8. The van der Waals surface area contributed by atoms with E-state index in [2.05, 4.69) is 55.0 Å². The van der Waals surface area contributed by atoms with Gasteiger partial charge in [-0.3, -0.25) is 4.57 Å². The van der Waals surface area contributed by atoms with E-state index in [1.54, 1.807) is 4.68 Å². The van der Waals surface area contributed by atoms with Crippen LogP contribution in [0, 0.1) is 0 Å². The second-order valence-corrected chi connectivity index (χ2v) is 21.8. The molecule has 0 aliphatic heterocycles. The SMILES string of the molecule is C[Si](C)(C)CCOCn1cc(N)c(-c2nc3ccccc3n2COCC[Si](C)(C)C)n1. The standard InChI is InChI=1S/C22H37N5O2Si2/c1-30(2,3)13-11-28-16-26-15-18(23)21(25-26)22-24-19-9-7-8-10-20(19)27(22)17-29-12-14-31(4,5)6/h7-10,15H,11-14,16-17,23H2,1-6H3. The minimum atomic E-state index is -1.14. The first-order valence-corrected chi connectivity index (χ1v) is 18.4. The normalized spacial score (nSPS) is 12.7. The molecule has 0 radical (unpaired) electrons. The number of hydrogen-bond donors (Lipinski definition) is 1. The van der Waals surface area contributed by atoms with Crippen LogP contribution in [-0.4, -0.2) is 48.7 Å². The minimum Gasteiger partial charge on any atom is -0.396 e. The number of fused-ring (bicyclic) bond motifs is 1. The lowest BCUT2D eigenvalue weighted by Gasteiger charge is -2.16. The first-order valence-electron chi connectivity index (χ1n) is 11.0. The average Bonchev–Trinajstić information content (AvgIpc) is 3.21. The first-order chi connectivity index (χ1) is 14.5. The molecule has 2 heterocycles. The fourth-order valence-electron chi connectivity index (χ4n) is 3.13. The second-order valence-electron chi connectivity index (χ2n) is 10.5. The molecule has 170 valence electrons. The maximum absolute atomic E-state index is 6.33. The van der Waals surface area contributed by atoms with Gasteiger partial charge in [0.25, 0.3) is 0 Å². The lowest BCUT2D eigenvalue weighted by Crippen LogP contribution is -2.22. The summed E-state index contributed by atoms with van der Waals surface area (Å²) in [5, 5.41) is 4.68. The van der Waals surface area contributed by atoms with Gasteiger partial charge in [-0.1, -0.05) is 51.4 Å². The molecule has 2 aromatic heterocycles. The molecule has 0 fully saturated rings. The predicted molar refractivity (Wildman–Crippen MR) is 134 cm³/mol. The number of anilines is 1. The molecule has 0 amide bonds. The molecule has 1 aromatic carbocycles. The molecule has 2 N–H and O–H groups in total. The third-order valence-corrected chi connectivity index (χ3v) is 8.50. The quantitative estimate of drug-likeness (QED) is 0.318. The zero-order chi connectivity index (χ0) is 22.6. The largest absolute Gasteiger partial charge is 0.396 e. The van der Waals surface area contributed by atoms with Crippen molar-refractivity contribution in [3.05, 3.63) is 30.5 Å². The van der Waals surface area contributed by atoms with Gasteiger partial charge in [-0.25, -0.2) is 9.67 Å². The molecule has 0 spiro atoms. The van der Waals surface area contributed by atoms with E-state index in [4.69, 9.17) is 20.2 Å². The number of nitrogen functional groups attached to an aromatic ring is 1. The number of nitrogens with zero attached hydrogens (tertiary/aromatic N) is 4. The Morgan fingerprint density at radius 2 is 1.52 bits per heavy atom. The summed E-state index contributed by atoms with van der Waals surface area (Å²) in [5.41, 5.74) is 9.51. The van der Waals surface area contributed by atoms with E-state index in [1.807, 2.05) is 24.4 Å². The van der Waals surface area contributed by atoms with Gasteiger partial charge in [-0.15, -0.1) is 0 Å². The Kier molecular flexibility index (Phi) is 7.40. The molecule has 0 saturated carbocycles. The molecule has 0 saturated heterocycles. The van der Waals surface area contributed by atoms with Crippen LogP contribution in [0.2, 0.25) is 51.4 Å². The third kappa shape index (κ3) is 6.77. The van der Waals surface area contributed by atoms with Crippen molar-refractivity contribution in [1.29, 1.82) is 0 Å². The zero-order valence-electron chi connectivity index (χ0n) is 19.8. The molecule has 3 rings (SSSR count). The lowest BCUT2D eigenvalue weighted by atomic mass is 10.3. The molecular formula is C22H37N5O2Si2. The van der Waals surface area contributed by atoms with Crippen LogP contribution in [0.15, 0.2) is 30.5 Å². The van der Waals surface area contributed by atoms with Crippen molar-refractivity contribution in [2.24, 2.45) is 0 Å². The third-order valence-electron chi connectivity index (χ3n) is 5.09. The Hall–Kier alpha value is -1.95. The molecule has 0 unspecified atom stereocenters. The van der Waals surface area contributed by atoms with Crippen molar-refractivity contribution >= 4 is 32.9 Å². The fraction of sp³-hybridized carbons (Fsp3) is 0.545. The molecule has 7 nitrogen and oxygen atoms in total. The number of hydrogen-bond acceptors (Lipinski definition) is 5.